The second-order valence-corrected chi connectivity index (χ2v) is 2.62. The van der Waals surface area contributed by atoms with Crippen molar-refractivity contribution in [3.05, 3.63) is 23.8 Å². The van der Waals surface area contributed by atoms with E-state index in [1.54, 1.807) is 0 Å². The zero-order chi connectivity index (χ0) is 10.6. The molecule has 6 heteroatoms. The summed E-state index contributed by atoms with van der Waals surface area (Å²) >= 11 is 0. The molecular formula is C8H10NO4P. The van der Waals surface area contributed by atoms with Crippen molar-refractivity contribution in [2.24, 2.45) is 5.90 Å². The van der Waals surface area contributed by atoms with E-state index in [2.05, 4.69) is 9.36 Å². The van der Waals surface area contributed by atoms with Gasteiger partial charge in [0, 0.05) is 0 Å². The van der Waals surface area contributed by atoms with Gasteiger partial charge in [0.1, 0.15) is 0 Å². The molecule has 76 valence electrons. The first-order valence-corrected chi connectivity index (χ1v) is 4.16. The van der Waals surface area contributed by atoms with E-state index >= 15 is 0 Å². The predicted octanol–water partition coefficient (Wildman–Crippen LogP) is 0.895. The molecule has 1 aromatic carbocycles. The third-order valence-corrected chi connectivity index (χ3v) is 1.85. The van der Waals surface area contributed by atoms with E-state index in [0.717, 1.165) is 0 Å². The first-order chi connectivity index (χ1) is 6.72. The maximum absolute atomic E-state index is 11.1. The van der Waals surface area contributed by atoms with E-state index in [1.165, 1.54) is 25.3 Å². The van der Waals surface area contributed by atoms with E-state index in [1.807, 2.05) is 9.47 Å². The van der Waals surface area contributed by atoms with Gasteiger partial charge in [0.05, 0.1) is 22.1 Å². The Morgan fingerprint density at radius 1 is 1.43 bits per heavy atom. The van der Waals surface area contributed by atoms with Gasteiger partial charge in [0.25, 0.3) is 0 Å². The molecule has 14 heavy (non-hydrogen) atoms. The Morgan fingerprint density at radius 2 is 2.14 bits per heavy atom. The maximum Gasteiger partial charge on any atom is 0.340 e. The molecule has 1 aromatic rings. The van der Waals surface area contributed by atoms with Crippen LogP contribution in [-0.4, -0.2) is 13.1 Å². The minimum absolute atomic E-state index is 0.354. The lowest BCUT2D eigenvalue weighted by Crippen LogP contribution is -2.05. The summed E-state index contributed by atoms with van der Waals surface area (Å²) in [6.45, 7) is 0. The Kier molecular flexibility index (Phi) is 3.68. The van der Waals surface area contributed by atoms with Gasteiger partial charge in [-0.05, 0) is 18.2 Å². The fraction of sp³-hybridized carbons (Fsp3) is 0.125. The summed E-state index contributed by atoms with van der Waals surface area (Å²) in [5, 5.41) is 0. The van der Waals surface area contributed by atoms with Gasteiger partial charge in [-0.3, -0.25) is 0 Å². The minimum atomic E-state index is -0.475. The summed E-state index contributed by atoms with van der Waals surface area (Å²) in [5.41, 5.74) is 0.359. The Morgan fingerprint density at radius 3 is 2.64 bits per heavy atom. The second kappa shape index (κ2) is 4.79. The monoisotopic (exact) mass is 215 g/mol. The van der Waals surface area contributed by atoms with Gasteiger partial charge >= 0.3 is 5.97 Å². The lowest BCUT2D eigenvalue weighted by atomic mass is 10.2. The number of hydrogen-bond donors (Lipinski definition) is 1. The van der Waals surface area contributed by atoms with Crippen LogP contribution in [0.2, 0.25) is 0 Å². The molecule has 5 nitrogen and oxygen atoms in total. The first-order valence-electron chi connectivity index (χ1n) is 3.68. The standard InChI is InChI=1S/C8H10NO4P/c1-11-7-4-5(8(10)13-14)2-3-6(7)12-9/h2-4H,9,14H2,1H3. The van der Waals surface area contributed by atoms with Crippen molar-refractivity contribution in [2.45, 2.75) is 0 Å². The number of carbonyl (C=O) groups excluding carboxylic acids is 1. The number of rotatable bonds is 3. The highest BCUT2D eigenvalue weighted by Gasteiger charge is 2.10. The van der Waals surface area contributed by atoms with Crippen molar-refractivity contribution in [3.8, 4) is 11.5 Å². The first kappa shape index (κ1) is 10.8. The molecule has 0 aromatic heterocycles. The third kappa shape index (κ3) is 2.13. The molecule has 0 radical (unpaired) electrons. The molecule has 0 aliphatic carbocycles. The van der Waals surface area contributed by atoms with Crippen LogP contribution in [0.4, 0.5) is 0 Å². The Bertz CT molecular complexity index is 342. The second-order valence-electron chi connectivity index (χ2n) is 2.39. The topological polar surface area (TPSA) is 70.8 Å². The van der Waals surface area contributed by atoms with Crippen LogP contribution in [0.1, 0.15) is 10.4 Å². The minimum Gasteiger partial charge on any atom is -0.493 e. The van der Waals surface area contributed by atoms with Crippen LogP contribution in [0.5, 0.6) is 11.5 Å². The van der Waals surface area contributed by atoms with E-state index in [9.17, 15) is 4.79 Å². The van der Waals surface area contributed by atoms with E-state index in [4.69, 9.17) is 10.6 Å². The zero-order valence-electron chi connectivity index (χ0n) is 7.52. The molecule has 0 saturated heterocycles. The molecule has 0 bridgehead atoms. The van der Waals surface area contributed by atoms with Crippen LogP contribution in [0.3, 0.4) is 0 Å². The number of methoxy groups -OCH3 is 1. The van der Waals surface area contributed by atoms with Crippen molar-refractivity contribution in [3.63, 3.8) is 0 Å². The molecule has 0 spiro atoms. The zero-order valence-corrected chi connectivity index (χ0v) is 8.67. The molecule has 0 saturated carbocycles. The number of hydrogen-bond acceptors (Lipinski definition) is 5. The lowest BCUT2D eigenvalue weighted by molar-refractivity contribution is 0.0765. The SMILES string of the molecule is COc1cc(C(=O)OP)ccc1ON. The molecule has 0 fully saturated rings. The lowest BCUT2D eigenvalue weighted by Gasteiger charge is -2.07. The van der Waals surface area contributed by atoms with Gasteiger partial charge in [0.15, 0.2) is 11.5 Å². The van der Waals surface area contributed by atoms with E-state index in [-0.39, 0.29) is 0 Å². The summed E-state index contributed by atoms with van der Waals surface area (Å²) in [7, 11) is 3.33. The van der Waals surface area contributed by atoms with Crippen molar-refractivity contribution < 1.29 is 18.9 Å². The largest absolute Gasteiger partial charge is 0.493 e. The van der Waals surface area contributed by atoms with Crippen LogP contribution in [0, 0.1) is 0 Å². The van der Waals surface area contributed by atoms with Gasteiger partial charge in [-0.1, -0.05) is 0 Å². The third-order valence-electron chi connectivity index (χ3n) is 1.63. The van der Waals surface area contributed by atoms with Gasteiger partial charge in [-0.25, -0.2) is 4.79 Å². The van der Waals surface area contributed by atoms with Crippen molar-refractivity contribution >= 4 is 15.4 Å². The number of nitrogens with two attached hydrogens (primary N) is 1. The molecular weight excluding hydrogens is 205 g/mol. The Balaban J connectivity index is 3.07. The summed E-state index contributed by atoms with van der Waals surface area (Å²) in [4.78, 5) is 15.6. The van der Waals surface area contributed by atoms with Gasteiger partial charge in [-0.2, -0.15) is 5.90 Å². The molecule has 1 rings (SSSR count). The summed E-state index contributed by atoms with van der Waals surface area (Å²) < 4.78 is 9.41. The predicted molar refractivity (Wildman–Crippen MR) is 52.9 cm³/mol. The van der Waals surface area contributed by atoms with Crippen molar-refractivity contribution in [2.75, 3.05) is 7.11 Å². The van der Waals surface area contributed by atoms with Gasteiger partial charge in [-0.15, -0.1) is 0 Å². The van der Waals surface area contributed by atoms with Crippen LogP contribution >= 0.6 is 9.47 Å². The van der Waals surface area contributed by atoms with Crippen LogP contribution in [-0.2, 0) is 4.52 Å². The molecule has 0 aliphatic rings. The molecule has 1 unspecified atom stereocenters. The smallest absolute Gasteiger partial charge is 0.340 e. The summed E-state index contributed by atoms with van der Waals surface area (Å²) in [6.07, 6.45) is 0. The Labute approximate surface area is 83.4 Å². The number of ether oxygens (including phenoxy) is 1. The molecule has 0 aliphatic heterocycles. The molecule has 2 N–H and O–H groups in total. The van der Waals surface area contributed by atoms with E-state index < -0.39 is 5.97 Å². The van der Waals surface area contributed by atoms with Crippen molar-refractivity contribution in [1.82, 2.24) is 0 Å². The summed E-state index contributed by atoms with van der Waals surface area (Å²) in [6, 6.07) is 4.53. The normalized spacial score (nSPS) is 9.36. The molecule has 0 heterocycles. The van der Waals surface area contributed by atoms with Gasteiger partial charge < -0.3 is 14.1 Å². The fourth-order valence-corrected chi connectivity index (χ4v) is 1.10. The average Bonchev–Trinajstić information content (AvgIpc) is 2.26. The van der Waals surface area contributed by atoms with Gasteiger partial charge in [0.2, 0.25) is 0 Å². The number of carbonyl (C=O) groups is 1. The van der Waals surface area contributed by atoms with Crippen molar-refractivity contribution in [1.29, 1.82) is 0 Å². The highest BCUT2D eigenvalue weighted by Crippen LogP contribution is 2.27. The number of benzene rings is 1. The van der Waals surface area contributed by atoms with Crippen LogP contribution < -0.4 is 15.5 Å². The maximum atomic E-state index is 11.1. The van der Waals surface area contributed by atoms with E-state index in [0.29, 0.717) is 17.1 Å². The highest BCUT2D eigenvalue weighted by atomic mass is 31.0. The highest BCUT2D eigenvalue weighted by molar-refractivity contribution is 7.10. The van der Waals surface area contributed by atoms with Crippen LogP contribution in [0.25, 0.3) is 0 Å². The fourth-order valence-electron chi connectivity index (χ4n) is 0.960. The molecule has 1 atom stereocenters. The van der Waals surface area contributed by atoms with Crippen LogP contribution in [0.15, 0.2) is 18.2 Å². The average molecular weight is 215 g/mol. The Hall–Kier alpha value is -1.32. The summed E-state index contributed by atoms with van der Waals surface area (Å²) in [5.74, 6) is 5.24. The quantitative estimate of drug-likeness (QED) is 0.599. The molecule has 0 amide bonds.